The number of fused-ring (bicyclic) bond motifs is 1. The Hall–Kier alpha value is -1.11. The van der Waals surface area contributed by atoms with Gasteiger partial charge in [0.1, 0.15) is 21.4 Å². The third-order valence-electron chi connectivity index (χ3n) is 5.12. The van der Waals surface area contributed by atoms with Gasteiger partial charge >= 0.3 is 6.18 Å². The molecule has 2 rings (SSSR count). The van der Waals surface area contributed by atoms with Gasteiger partial charge in [-0.1, -0.05) is 20.8 Å². The maximum Gasteiger partial charge on any atom is 0.401 e. The van der Waals surface area contributed by atoms with Crippen LogP contribution in [0.3, 0.4) is 0 Å². The number of ether oxygens (including phenoxy) is 1. The van der Waals surface area contributed by atoms with Crippen molar-refractivity contribution in [2.24, 2.45) is 9.17 Å². The molecule has 0 fully saturated rings. The quantitative estimate of drug-likeness (QED) is 0.749. The zero-order valence-corrected chi connectivity index (χ0v) is 18.3. The van der Waals surface area contributed by atoms with E-state index >= 15 is 0 Å². The second-order valence-corrected chi connectivity index (χ2v) is 15.4. The average molecular weight is 428 g/mol. The first-order valence-corrected chi connectivity index (χ1v) is 13.1. The van der Waals surface area contributed by atoms with Crippen molar-refractivity contribution in [3.8, 4) is 5.88 Å². The minimum atomic E-state index is -4.29. The van der Waals surface area contributed by atoms with Crippen LogP contribution in [-0.2, 0) is 16.5 Å². The molecular weight excluding hydrogens is 399 g/mol. The summed E-state index contributed by atoms with van der Waals surface area (Å²) in [6.07, 6.45) is -2.95. The molecule has 1 aromatic heterocycles. The lowest BCUT2D eigenvalue weighted by Gasteiger charge is -2.33. The Morgan fingerprint density at radius 1 is 1.44 bits per heavy atom. The molecule has 2 heterocycles. The minimum Gasteiger partial charge on any atom is -0.475 e. The zero-order chi connectivity index (χ0) is 20.8. The van der Waals surface area contributed by atoms with E-state index < -0.39 is 36.9 Å². The molecule has 1 unspecified atom stereocenters. The van der Waals surface area contributed by atoms with Crippen molar-refractivity contribution in [2.45, 2.75) is 62.6 Å². The van der Waals surface area contributed by atoms with Gasteiger partial charge in [0, 0.05) is 0 Å². The molecule has 0 saturated carbocycles. The minimum absolute atomic E-state index is 0.0287. The first kappa shape index (κ1) is 22.2. The van der Waals surface area contributed by atoms with Gasteiger partial charge in [0.25, 0.3) is 0 Å². The van der Waals surface area contributed by atoms with Gasteiger partial charge in [0.15, 0.2) is 8.24 Å². The summed E-state index contributed by atoms with van der Waals surface area (Å²) in [7, 11) is -4.15. The summed E-state index contributed by atoms with van der Waals surface area (Å²) in [6, 6.07) is -0.502. The number of hydrogen-bond donors (Lipinski definition) is 1. The molecule has 0 aliphatic carbocycles. The summed E-state index contributed by atoms with van der Waals surface area (Å²) < 4.78 is 62.5. The molecule has 0 amide bonds. The molecule has 0 radical (unpaired) electrons. The zero-order valence-electron chi connectivity index (χ0n) is 16.5. The number of aromatic nitrogens is 2. The van der Waals surface area contributed by atoms with Crippen LogP contribution >= 0.6 is 0 Å². The Bertz CT molecular complexity index is 809. The number of likely N-dealkylation sites (N-methyl/N-ethyl adjacent to an activating group) is 1. The van der Waals surface area contributed by atoms with Crippen LogP contribution in [0.15, 0.2) is 15.1 Å². The smallest absolute Gasteiger partial charge is 0.401 e. The largest absolute Gasteiger partial charge is 0.475 e. The van der Waals surface area contributed by atoms with Gasteiger partial charge in [-0.25, -0.2) is 14.0 Å². The van der Waals surface area contributed by atoms with Crippen molar-refractivity contribution in [3.63, 3.8) is 0 Å². The van der Waals surface area contributed by atoms with Crippen molar-refractivity contribution in [1.29, 1.82) is 0 Å². The van der Waals surface area contributed by atoms with E-state index in [9.17, 15) is 17.4 Å². The summed E-state index contributed by atoms with van der Waals surface area (Å²) in [5.41, 5.74) is 0. The summed E-state index contributed by atoms with van der Waals surface area (Å²) in [5, 5.41) is 10.1. The van der Waals surface area contributed by atoms with Crippen LogP contribution in [-0.4, -0.2) is 59.5 Å². The van der Waals surface area contributed by atoms with E-state index in [1.54, 1.807) is 0 Å². The topological polar surface area (TPSA) is 85.7 Å². The summed E-state index contributed by atoms with van der Waals surface area (Å²) in [4.78, 5) is 1.37. The predicted octanol–water partition coefficient (Wildman–Crippen LogP) is 2.84. The van der Waals surface area contributed by atoms with Crippen LogP contribution in [0.2, 0.25) is 18.1 Å². The highest BCUT2D eigenvalue weighted by atomic mass is 32.2. The standard InChI is InChI=1S/C15H28F3N5O2SSi/c1-14(2,3)27(5,6)21-26(19,24)12-7-20-23-8-11(9-25-13(12)23)22(4)10-15(16,17)18/h7,11H,8-10H2,1-6H3,(H2,19,21,24)/t11-,26?/m0/s1. The Kier molecular flexibility index (Phi) is 5.79. The van der Waals surface area contributed by atoms with Gasteiger partial charge in [0.2, 0.25) is 5.88 Å². The SMILES string of the molecule is CN(CC(F)(F)F)[C@@H]1COc2c(S(N)(=O)=N[Si](C)(C)C(C)(C)C)cnn2C1. The van der Waals surface area contributed by atoms with Crippen molar-refractivity contribution < 1.29 is 22.1 Å². The van der Waals surface area contributed by atoms with Crippen LogP contribution in [0.5, 0.6) is 5.88 Å². The third-order valence-corrected chi connectivity index (χ3v) is 12.6. The van der Waals surface area contributed by atoms with E-state index in [0.29, 0.717) is 0 Å². The van der Waals surface area contributed by atoms with Crippen LogP contribution in [0.4, 0.5) is 13.2 Å². The van der Waals surface area contributed by atoms with Crippen molar-refractivity contribution >= 4 is 18.2 Å². The third kappa shape index (κ3) is 5.03. The molecule has 0 spiro atoms. The number of rotatable bonds is 4. The summed E-state index contributed by atoms with van der Waals surface area (Å²) in [6.45, 7) is 9.24. The molecule has 27 heavy (non-hydrogen) atoms. The lowest BCUT2D eigenvalue weighted by Crippen LogP contribution is -2.46. The first-order valence-electron chi connectivity index (χ1n) is 8.55. The molecule has 156 valence electrons. The van der Waals surface area contributed by atoms with Crippen molar-refractivity contribution in [3.05, 3.63) is 6.20 Å². The maximum atomic E-state index is 13.1. The van der Waals surface area contributed by atoms with E-state index in [1.807, 2.05) is 33.9 Å². The number of alkyl halides is 3. The van der Waals surface area contributed by atoms with E-state index in [-0.39, 0.29) is 29.0 Å². The average Bonchev–Trinajstić information content (AvgIpc) is 2.86. The Morgan fingerprint density at radius 3 is 2.56 bits per heavy atom. The van der Waals surface area contributed by atoms with Crippen LogP contribution in [0.25, 0.3) is 0 Å². The number of halogens is 3. The molecular formula is C15H28F3N5O2SSi. The molecule has 2 atom stereocenters. The molecule has 0 aromatic carbocycles. The fourth-order valence-corrected chi connectivity index (χ4v) is 7.28. The lowest BCUT2D eigenvalue weighted by molar-refractivity contribution is -0.150. The molecule has 2 N–H and O–H groups in total. The number of nitrogens with two attached hydrogens (primary N) is 1. The fraction of sp³-hybridized carbons (Fsp3) is 0.800. The molecule has 7 nitrogen and oxygen atoms in total. The lowest BCUT2D eigenvalue weighted by atomic mass is 10.2. The van der Waals surface area contributed by atoms with Crippen LogP contribution in [0.1, 0.15) is 20.8 Å². The van der Waals surface area contributed by atoms with E-state index in [4.69, 9.17) is 9.88 Å². The second-order valence-electron chi connectivity index (χ2n) is 8.46. The molecule has 1 aliphatic rings. The summed E-state index contributed by atoms with van der Waals surface area (Å²) in [5.74, 6) is 0.224. The van der Waals surface area contributed by atoms with Crippen molar-refractivity contribution in [2.75, 3.05) is 20.2 Å². The van der Waals surface area contributed by atoms with Crippen molar-refractivity contribution in [1.82, 2.24) is 14.7 Å². The number of nitrogens with zero attached hydrogens (tertiary/aromatic N) is 4. The highest BCUT2D eigenvalue weighted by molar-refractivity contribution is 7.92. The van der Waals surface area contributed by atoms with Crippen LogP contribution < -0.4 is 9.88 Å². The van der Waals surface area contributed by atoms with Gasteiger partial charge < -0.3 is 4.74 Å². The van der Waals surface area contributed by atoms with E-state index in [1.165, 1.54) is 22.8 Å². The number of hydrogen-bond acceptors (Lipinski definition) is 5. The Balaban J connectivity index is 2.30. The van der Waals surface area contributed by atoms with E-state index in [2.05, 4.69) is 9.13 Å². The first-order chi connectivity index (χ1) is 12.0. The Labute approximate surface area is 159 Å². The maximum absolute atomic E-state index is 13.1. The molecule has 1 aromatic rings. The monoisotopic (exact) mass is 427 g/mol. The molecule has 0 bridgehead atoms. The van der Waals surface area contributed by atoms with Gasteiger partial charge in [-0.05, 0) is 25.2 Å². The summed E-state index contributed by atoms with van der Waals surface area (Å²) >= 11 is 0. The predicted molar refractivity (Wildman–Crippen MR) is 100 cm³/mol. The second kappa shape index (κ2) is 7.05. The normalized spacial score (nSPS) is 20.8. The molecule has 0 saturated heterocycles. The highest BCUT2D eigenvalue weighted by Crippen LogP contribution is 2.38. The van der Waals surface area contributed by atoms with Gasteiger partial charge in [-0.2, -0.15) is 18.3 Å². The van der Waals surface area contributed by atoms with E-state index in [0.717, 1.165) is 0 Å². The highest BCUT2D eigenvalue weighted by Gasteiger charge is 2.39. The molecule has 1 aliphatic heterocycles. The van der Waals surface area contributed by atoms with Crippen LogP contribution in [0, 0.1) is 0 Å². The van der Waals surface area contributed by atoms with Gasteiger partial charge in [-0.15, -0.1) is 0 Å². The van der Waals surface area contributed by atoms with Gasteiger partial charge in [-0.3, -0.25) is 8.93 Å². The Morgan fingerprint density at radius 2 is 2.04 bits per heavy atom. The molecule has 12 heteroatoms. The van der Waals surface area contributed by atoms with Gasteiger partial charge in [0.05, 0.1) is 25.3 Å². The fourth-order valence-electron chi connectivity index (χ4n) is 2.46.